The molecule has 2 aromatic rings. The molecule has 0 radical (unpaired) electrons. The van der Waals surface area contributed by atoms with Gasteiger partial charge in [-0.2, -0.15) is 5.10 Å². The molecule has 1 unspecified atom stereocenters. The van der Waals surface area contributed by atoms with Crippen LogP contribution in [0.25, 0.3) is 0 Å². The zero-order chi connectivity index (χ0) is 16.9. The number of carbonyl (C=O) groups is 1. The number of benzene rings is 1. The first-order valence-corrected chi connectivity index (χ1v) is 7.98. The molecule has 1 N–H and O–H groups in total. The van der Waals surface area contributed by atoms with E-state index in [2.05, 4.69) is 10.4 Å². The van der Waals surface area contributed by atoms with Crippen molar-refractivity contribution in [2.45, 2.75) is 38.3 Å². The number of aromatic nitrogens is 2. The zero-order valence-electron chi connectivity index (χ0n) is 13.2. The first-order valence-electron chi connectivity index (χ1n) is 7.98. The van der Waals surface area contributed by atoms with Gasteiger partial charge in [0.2, 0.25) is 5.91 Å². The Morgan fingerprint density at radius 2 is 2.29 bits per heavy atom. The number of amides is 1. The largest absolute Gasteiger partial charge is 0.376 e. The molecule has 24 heavy (non-hydrogen) atoms. The van der Waals surface area contributed by atoms with Crippen LogP contribution in [-0.4, -0.2) is 28.4 Å². The van der Waals surface area contributed by atoms with Crippen LogP contribution >= 0.6 is 0 Å². The van der Waals surface area contributed by atoms with Gasteiger partial charge >= 0.3 is 0 Å². The smallest absolute Gasteiger partial charge is 0.224 e. The molecule has 1 atom stereocenters. The van der Waals surface area contributed by atoms with Gasteiger partial charge in [0, 0.05) is 19.2 Å². The maximum Gasteiger partial charge on any atom is 0.224 e. The number of ether oxygens (including phenoxy) is 1. The number of rotatable bonds is 6. The van der Waals surface area contributed by atoms with Crippen LogP contribution in [0.3, 0.4) is 0 Å². The van der Waals surface area contributed by atoms with E-state index in [0.29, 0.717) is 12.2 Å². The molecule has 128 valence electrons. The van der Waals surface area contributed by atoms with Gasteiger partial charge in [-0.3, -0.25) is 9.48 Å². The molecule has 5 nitrogen and oxygen atoms in total. The van der Waals surface area contributed by atoms with Gasteiger partial charge in [0.15, 0.2) is 0 Å². The number of nitrogens with zero attached hydrogens (tertiary/aromatic N) is 2. The molecule has 0 bridgehead atoms. The van der Waals surface area contributed by atoms with Gasteiger partial charge in [-0.15, -0.1) is 0 Å². The highest BCUT2D eigenvalue weighted by atomic mass is 19.1. The van der Waals surface area contributed by atoms with Gasteiger partial charge in [-0.1, -0.05) is 0 Å². The van der Waals surface area contributed by atoms with Crippen molar-refractivity contribution in [2.24, 2.45) is 0 Å². The molecule has 1 aromatic carbocycles. The van der Waals surface area contributed by atoms with E-state index in [-0.39, 0.29) is 30.4 Å². The first-order chi connectivity index (χ1) is 11.6. The quantitative estimate of drug-likeness (QED) is 0.883. The molecule has 1 fully saturated rings. The Kier molecular flexibility index (Phi) is 5.20. The summed E-state index contributed by atoms with van der Waals surface area (Å²) >= 11 is 0. The summed E-state index contributed by atoms with van der Waals surface area (Å²) < 4.78 is 33.9. The van der Waals surface area contributed by atoms with Crippen molar-refractivity contribution in [2.75, 3.05) is 11.9 Å². The van der Waals surface area contributed by atoms with E-state index in [0.717, 1.165) is 37.6 Å². The summed E-state index contributed by atoms with van der Waals surface area (Å²) in [5.41, 5.74) is 0.775. The highest BCUT2D eigenvalue weighted by molar-refractivity contribution is 5.90. The zero-order valence-corrected chi connectivity index (χ0v) is 13.2. The lowest BCUT2D eigenvalue weighted by Crippen LogP contribution is -2.15. The van der Waals surface area contributed by atoms with Crippen molar-refractivity contribution in [1.82, 2.24) is 9.78 Å². The second-order valence-electron chi connectivity index (χ2n) is 5.87. The number of hydrogen-bond acceptors (Lipinski definition) is 3. The molecule has 1 aliphatic heterocycles. The summed E-state index contributed by atoms with van der Waals surface area (Å²) in [6.45, 7) is 1.44. The number of hydrogen-bond donors (Lipinski definition) is 1. The number of carbonyl (C=O) groups excluding carboxylic acids is 1. The van der Waals surface area contributed by atoms with Crippen molar-refractivity contribution in [3.8, 4) is 0 Å². The topological polar surface area (TPSA) is 56.2 Å². The molecular weight excluding hydrogens is 316 g/mol. The average molecular weight is 335 g/mol. The van der Waals surface area contributed by atoms with E-state index in [9.17, 15) is 13.6 Å². The van der Waals surface area contributed by atoms with Crippen LogP contribution in [0, 0.1) is 11.6 Å². The summed E-state index contributed by atoms with van der Waals surface area (Å²) in [5, 5.41) is 6.90. The predicted octanol–water partition coefficient (Wildman–Crippen LogP) is 2.91. The molecule has 2 heterocycles. The van der Waals surface area contributed by atoms with E-state index in [1.54, 1.807) is 17.1 Å². The van der Waals surface area contributed by atoms with Crippen LogP contribution in [-0.2, 0) is 22.5 Å². The van der Waals surface area contributed by atoms with E-state index in [4.69, 9.17) is 4.74 Å². The second-order valence-corrected chi connectivity index (χ2v) is 5.87. The lowest BCUT2D eigenvalue weighted by Gasteiger charge is -2.08. The standard InChI is InChI=1S/C17H19F2N3O2/c18-13-4-5-16(19)12(8-13)3-6-17(23)21-14-9-20-22(10-14)11-15-2-1-7-24-15/h4-5,8-10,15H,1-3,6-7,11H2,(H,21,23). The first kappa shape index (κ1) is 16.6. The summed E-state index contributed by atoms with van der Waals surface area (Å²) in [6, 6.07) is 3.24. The van der Waals surface area contributed by atoms with Crippen molar-refractivity contribution >= 4 is 11.6 Å². The monoisotopic (exact) mass is 335 g/mol. The number of anilines is 1. The molecular formula is C17H19F2N3O2. The molecule has 1 aliphatic rings. The van der Waals surface area contributed by atoms with Gasteiger partial charge in [0.25, 0.3) is 0 Å². The third kappa shape index (κ3) is 4.38. The normalized spacial score (nSPS) is 17.2. The maximum atomic E-state index is 13.5. The van der Waals surface area contributed by atoms with E-state index < -0.39 is 11.6 Å². The lowest BCUT2D eigenvalue weighted by atomic mass is 10.1. The summed E-state index contributed by atoms with van der Waals surface area (Å²) in [4.78, 5) is 11.9. The molecule has 7 heteroatoms. The summed E-state index contributed by atoms with van der Waals surface area (Å²) in [6.07, 6.45) is 5.76. The predicted molar refractivity (Wildman–Crippen MR) is 84.5 cm³/mol. The Hall–Kier alpha value is -2.28. The Morgan fingerprint density at radius 1 is 1.42 bits per heavy atom. The summed E-state index contributed by atoms with van der Waals surface area (Å²) in [5.74, 6) is -1.29. The fraction of sp³-hybridized carbons (Fsp3) is 0.412. The molecule has 1 amide bonds. The highest BCUT2D eigenvalue weighted by Crippen LogP contribution is 2.16. The fourth-order valence-electron chi connectivity index (χ4n) is 2.73. The van der Waals surface area contributed by atoms with E-state index in [1.807, 2.05) is 0 Å². The van der Waals surface area contributed by atoms with Gasteiger partial charge < -0.3 is 10.1 Å². The SMILES string of the molecule is O=C(CCc1cc(F)ccc1F)Nc1cnn(CC2CCCO2)c1. The fourth-order valence-corrected chi connectivity index (χ4v) is 2.73. The van der Waals surface area contributed by atoms with Crippen molar-refractivity contribution < 1.29 is 18.3 Å². The van der Waals surface area contributed by atoms with Crippen molar-refractivity contribution in [3.63, 3.8) is 0 Å². The van der Waals surface area contributed by atoms with Crippen LogP contribution < -0.4 is 5.32 Å². The Bertz CT molecular complexity index is 712. The third-order valence-electron chi connectivity index (χ3n) is 3.96. The third-order valence-corrected chi connectivity index (χ3v) is 3.96. The molecule has 3 rings (SSSR count). The molecule has 0 aliphatic carbocycles. The van der Waals surface area contributed by atoms with Crippen LogP contribution in [0.4, 0.5) is 14.5 Å². The number of halogens is 2. The van der Waals surface area contributed by atoms with Gasteiger partial charge in [0.1, 0.15) is 11.6 Å². The molecule has 0 saturated carbocycles. The van der Waals surface area contributed by atoms with Crippen LogP contribution in [0.2, 0.25) is 0 Å². The highest BCUT2D eigenvalue weighted by Gasteiger charge is 2.16. The Balaban J connectivity index is 1.49. The average Bonchev–Trinajstić information content (AvgIpc) is 3.21. The van der Waals surface area contributed by atoms with Gasteiger partial charge in [0.05, 0.1) is 24.5 Å². The van der Waals surface area contributed by atoms with Gasteiger partial charge in [-0.25, -0.2) is 8.78 Å². The second kappa shape index (κ2) is 7.53. The molecule has 1 aromatic heterocycles. The minimum atomic E-state index is -0.512. The minimum Gasteiger partial charge on any atom is -0.376 e. The Labute approximate surface area is 138 Å². The minimum absolute atomic E-state index is 0.0668. The lowest BCUT2D eigenvalue weighted by molar-refractivity contribution is -0.116. The number of nitrogens with one attached hydrogen (secondary N) is 1. The summed E-state index contributed by atoms with van der Waals surface area (Å²) in [7, 11) is 0. The van der Waals surface area contributed by atoms with Crippen LogP contribution in [0.15, 0.2) is 30.6 Å². The number of aryl methyl sites for hydroxylation is 1. The van der Waals surface area contributed by atoms with Crippen LogP contribution in [0.1, 0.15) is 24.8 Å². The van der Waals surface area contributed by atoms with Gasteiger partial charge in [-0.05, 0) is 43.0 Å². The molecule has 0 spiro atoms. The van der Waals surface area contributed by atoms with E-state index >= 15 is 0 Å². The Morgan fingerprint density at radius 3 is 3.08 bits per heavy atom. The van der Waals surface area contributed by atoms with E-state index in [1.165, 1.54) is 0 Å². The van der Waals surface area contributed by atoms with Crippen molar-refractivity contribution in [3.05, 3.63) is 47.8 Å². The van der Waals surface area contributed by atoms with Crippen LogP contribution in [0.5, 0.6) is 0 Å². The maximum absolute atomic E-state index is 13.5. The molecule has 1 saturated heterocycles. The van der Waals surface area contributed by atoms with Crippen molar-refractivity contribution in [1.29, 1.82) is 0 Å².